The number of amides is 2. The molecule has 34 heavy (non-hydrogen) atoms. The number of phenols is 1. The molecule has 2 amide bonds. The lowest BCUT2D eigenvalue weighted by Crippen LogP contribution is -2.71. The highest BCUT2D eigenvalue weighted by molar-refractivity contribution is 8.22. The molecule has 0 spiro atoms. The molecule has 3 unspecified atom stereocenters. The third kappa shape index (κ3) is 4.64. The monoisotopic (exact) mass is 522 g/mol. The zero-order valence-electron chi connectivity index (χ0n) is 18.8. The van der Waals surface area contributed by atoms with Crippen LogP contribution in [-0.2, 0) is 14.4 Å². The largest absolute Gasteiger partial charge is 0.508 e. The molecule has 182 valence electrons. The SMILES string of the molecule is CCCN1CN(C(C(=O)NC2C(=O)N3C(C(=O)O)=C(C)CSC23)c2ccc(O)cc2)CSC1=S. The fourth-order valence-electron chi connectivity index (χ4n) is 4.33. The lowest BCUT2D eigenvalue weighted by molar-refractivity contribution is -0.151. The van der Waals surface area contributed by atoms with Crippen LogP contribution in [0.3, 0.4) is 0 Å². The standard InChI is InChI=1S/C22H26N4O5S3/c1-3-8-24-10-25(11-34-22(24)32)17(13-4-6-14(27)7-5-13)18(28)23-15-19(29)26-16(21(30)31)12(2)9-33-20(15)26/h4-7,15,17,20,27H,3,8-11H2,1-2H3,(H,23,28)(H,30,31). The number of thioether (sulfide) groups is 2. The molecular weight excluding hydrogens is 496 g/mol. The minimum atomic E-state index is -1.14. The van der Waals surface area contributed by atoms with Gasteiger partial charge in [-0.15, -0.1) is 11.8 Å². The quantitative estimate of drug-likeness (QED) is 0.364. The van der Waals surface area contributed by atoms with Gasteiger partial charge in [0.1, 0.15) is 33.2 Å². The first-order valence-electron chi connectivity index (χ1n) is 10.9. The molecule has 0 aromatic heterocycles. The lowest BCUT2D eigenvalue weighted by Gasteiger charge is -2.49. The summed E-state index contributed by atoms with van der Waals surface area (Å²) in [5, 5.41) is 21.7. The smallest absolute Gasteiger partial charge is 0.352 e. The van der Waals surface area contributed by atoms with Crippen LogP contribution in [-0.4, -0.2) is 83.3 Å². The summed E-state index contributed by atoms with van der Waals surface area (Å²) >= 11 is 8.40. The first-order valence-corrected chi connectivity index (χ1v) is 13.3. The fraction of sp³-hybridized carbons (Fsp3) is 0.455. The van der Waals surface area contributed by atoms with Crippen LogP contribution in [0.15, 0.2) is 35.5 Å². The molecule has 3 heterocycles. The van der Waals surface area contributed by atoms with Gasteiger partial charge in [-0.25, -0.2) is 4.79 Å². The lowest BCUT2D eigenvalue weighted by atomic mass is 10.0. The molecule has 1 aromatic carbocycles. The van der Waals surface area contributed by atoms with Crippen LogP contribution >= 0.6 is 35.7 Å². The number of nitrogens with zero attached hydrogens (tertiary/aromatic N) is 3. The molecule has 0 saturated carbocycles. The number of nitrogens with one attached hydrogen (secondary N) is 1. The number of carbonyl (C=O) groups excluding carboxylic acids is 2. The predicted molar refractivity (Wildman–Crippen MR) is 135 cm³/mol. The highest BCUT2D eigenvalue weighted by Gasteiger charge is 2.54. The maximum absolute atomic E-state index is 13.6. The van der Waals surface area contributed by atoms with E-state index in [4.69, 9.17) is 12.2 Å². The van der Waals surface area contributed by atoms with Gasteiger partial charge in [-0.05, 0) is 36.6 Å². The number of carboxylic acids is 1. The number of β-lactam (4-membered cyclic amide) rings is 1. The van der Waals surface area contributed by atoms with Gasteiger partial charge in [-0.1, -0.05) is 43.0 Å². The van der Waals surface area contributed by atoms with Crippen molar-refractivity contribution in [3.05, 3.63) is 41.1 Å². The first-order chi connectivity index (χ1) is 16.2. The van der Waals surface area contributed by atoms with E-state index in [0.717, 1.165) is 17.3 Å². The van der Waals surface area contributed by atoms with Gasteiger partial charge in [-0.3, -0.25) is 19.4 Å². The Kier molecular flexibility index (Phi) is 7.41. The van der Waals surface area contributed by atoms with Gasteiger partial charge in [0.2, 0.25) is 5.91 Å². The summed E-state index contributed by atoms with van der Waals surface area (Å²) in [7, 11) is 0. The van der Waals surface area contributed by atoms with Crippen LogP contribution in [0, 0.1) is 0 Å². The molecule has 12 heteroatoms. The van der Waals surface area contributed by atoms with E-state index in [0.29, 0.717) is 29.4 Å². The van der Waals surface area contributed by atoms with Gasteiger partial charge in [-0.2, -0.15) is 0 Å². The number of aromatic hydroxyl groups is 1. The molecule has 2 fully saturated rings. The summed E-state index contributed by atoms with van der Waals surface area (Å²) in [6.45, 7) is 5.00. The first kappa shape index (κ1) is 24.8. The highest BCUT2D eigenvalue weighted by Crippen LogP contribution is 2.40. The van der Waals surface area contributed by atoms with Crippen molar-refractivity contribution in [1.29, 1.82) is 0 Å². The van der Waals surface area contributed by atoms with E-state index in [2.05, 4.69) is 12.2 Å². The normalized spacial score (nSPS) is 23.9. The van der Waals surface area contributed by atoms with Crippen molar-refractivity contribution in [1.82, 2.24) is 20.0 Å². The van der Waals surface area contributed by atoms with Crippen molar-refractivity contribution in [2.45, 2.75) is 37.7 Å². The third-order valence-electron chi connectivity index (χ3n) is 5.94. The van der Waals surface area contributed by atoms with Gasteiger partial charge >= 0.3 is 5.97 Å². The Morgan fingerprint density at radius 3 is 2.65 bits per heavy atom. The predicted octanol–water partition coefficient (Wildman–Crippen LogP) is 2.15. The highest BCUT2D eigenvalue weighted by atomic mass is 32.2. The van der Waals surface area contributed by atoms with Gasteiger partial charge < -0.3 is 20.4 Å². The molecule has 3 aliphatic heterocycles. The molecule has 3 atom stereocenters. The topological polar surface area (TPSA) is 113 Å². The Morgan fingerprint density at radius 2 is 2.00 bits per heavy atom. The molecule has 0 radical (unpaired) electrons. The number of rotatable bonds is 7. The second kappa shape index (κ2) is 10.1. The Morgan fingerprint density at radius 1 is 1.29 bits per heavy atom. The molecular formula is C22H26N4O5S3. The summed E-state index contributed by atoms with van der Waals surface area (Å²) in [5.41, 5.74) is 1.32. The van der Waals surface area contributed by atoms with Crippen LogP contribution in [0.1, 0.15) is 31.9 Å². The van der Waals surface area contributed by atoms with Crippen molar-refractivity contribution >= 4 is 57.8 Å². The second-order valence-corrected chi connectivity index (χ2v) is 11.0. The Labute approximate surface area is 211 Å². The van der Waals surface area contributed by atoms with Gasteiger partial charge in [0.15, 0.2) is 0 Å². The van der Waals surface area contributed by atoms with Crippen molar-refractivity contribution in [3.8, 4) is 5.75 Å². The summed E-state index contributed by atoms with van der Waals surface area (Å²) < 4.78 is 0.787. The Hall–Kier alpha value is -2.28. The summed E-state index contributed by atoms with van der Waals surface area (Å²) in [4.78, 5) is 43.4. The van der Waals surface area contributed by atoms with Gasteiger partial charge in [0.05, 0.1) is 12.5 Å². The number of carboxylic acid groups (broad SMARTS) is 1. The molecule has 4 rings (SSSR count). The molecule has 0 aliphatic carbocycles. The zero-order valence-corrected chi connectivity index (χ0v) is 21.2. The number of phenolic OH excluding ortho intramolecular Hbond substituents is 1. The number of thiocarbonyl (C=S) groups is 1. The van der Waals surface area contributed by atoms with Crippen molar-refractivity contribution < 1.29 is 24.6 Å². The average Bonchev–Trinajstić information content (AvgIpc) is 2.80. The van der Waals surface area contributed by atoms with Crippen molar-refractivity contribution in [2.75, 3.05) is 24.8 Å². The maximum atomic E-state index is 13.6. The van der Waals surface area contributed by atoms with Gasteiger partial charge in [0, 0.05) is 12.3 Å². The number of aliphatic carboxylic acids is 1. The summed E-state index contributed by atoms with van der Waals surface area (Å²) in [6.07, 6.45) is 0.911. The maximum Gasteiger partial charge on any atom is 0.352 e. The Balaban J connectivity index is 1.56. The van der Waals surface area contributed by atoms with E-state index in [1.807, 2.05) is 9.80 Å². The minimum Gasteiger partial charge on any atom is -0.508 e. The average molecular weight is 523 g/mol. The van der Waals surface area contributed by atoms with E-state index in [1.165, 1.54) is 40.6 Å². The molecule has 9 nitrogen and oxygen atoms in total. The van der Waals surface area contributed by atoms with Crippen LogP contribution in [0.4, 0.5) is 0 Å². The van der Waals surface area contributed by atoms with E-state index < -0.39 is 29.3 Å². The number of hydrogen-bond donors (Lipinski definition) is 3. The minimum absolute atomic E-state index is 0.00508. The number of carbonyl (C=O) groups is 3. The summed E-state index contributed by atoms with van der Waals surface area (Å²) in [5.74, 6) is -0.829. The second-order valence-electron chi connectivity index (χ2n) is 8.36. The molecule has 3 aliphatic rings. The number of benzene rings is 1. The van der Waals surface area contributed by atoms with Crippen molar-refractivity contribution in [2.24, 2.45) is 0 Å². The molecule has 3 N–H and O–H groups in total. The van der Waals surface area contributed by atoms with Crippen LogP contribution in [0.5, 0.6) is 5.75 Å². The van der Waals surface area contributed by atoms with E-state index in [1.54, 1.807) is 19.1 Å². The third-order valence-corrected chi connectivity index (χ3v) is 8.94. The van der Waals surface area contributed by atoms with Gasteiger partial charge in [0.25, 0.3) is 5.91 Å². The van der Waals surface area contributed by atoms with Crippen LogP contribution in [0.25, 0.3) is 0 Å². The Bertz CT molecular complexity index is 1050. The van der Waals surface area contributed by atoms with Crippen molar-refractivity contribution in [3.63, 3.8) is 0 Å². The molecule has 2 saturated heterocycles. The fourth-order valence-corrected chi connectivity index (χ4v) is 6.77. The van der Waals surface area contributed by atoms with E-state index in [9.17, 15) is 24.6 Å². The zero-order chi connectivity index (χ0) is 24.6. The summed E-state index contributed by atoms with van der Waals surface area (Å²) in [6, 6.07) is 4.94. The molecule has 1 aromatic rings. The molecule has 0 bridgehead atoms. The van der Waals surface area contributed by atoms with Crippen LogP contribution in [0.2, 0.25) is 0 Å². The van der Waals surface area contributed by atoms with E-state index in [-0.39, 0.29) is 17.4 Å². The number of hydrogen-bond acceptors (Lipinski definition) is 8. The number of fused-ring (bicyclic) bond motifs is 1. The van der Waals surface area contributed by atoms with Crippen LogP contribution < -0.4 is 5.32 Å². The van der Waals surface area contributed by atoms with E-state index >= 15 is 0 Å².